The number of rotatable bonds is 8. The Morgan fingerprint density at radius 1 is 1.43 bits per heavy atom. The molecule has 0 atom stereocenters. The molecule has 1 aromatic rings. The third-order valence-corrected chi connectivity index (χ3v) is 5.08. The zero-order valence-corrected chi connectivity index (χ0v) is 13.8. The lowest BCUT2D eigenvalue weighted by Gasteiger charge is -2.24. The highest BCUT2D eigenvalue weighted by Gasteiger charge is 2.29. The third kappa shape index (κ3) is 4.54. The number of sulfonamides is 1. The van der Waals surface area contributed by atoms with E-state index in [4.69, 9.17) is 9.15 Å². The molecular formula is C14H24N2O4S. The van der Waals surface area contributed by atoms with Crippen molar-refractivity contribution < 1.29 is 17.6 Å². The highest BCUT2D eigenvalue weighted by Crippen LogP contribution is 2.23. The summed E-state index contributed by atoms with van der Waals surface area (Å²) in [6.45, 7) is 6.07. The Morgan fingerprint density at radius 2 is 2.10 bits per heavy atom. The second-order valence-corrected chi connectivity index (χ2v) is 7.86. The normalized spacial score (nSPS) is 16.4. The van der Waals surface area contributed by atoms with Crippen molar-refractivity contribution in [1.82, 2.24) is 10.0 Å². The summed E-state index contributed by atoms with van der Waals surface area (Å²) in [6.07, 6.45) is 2.36. The van der Waals surface area contributed by atoms with Gasteiger partial charge in [0, 0.05) is 19.2 Å². The summed E-state index contributed by atoms with van der Waals surface area (Å²) in [5.41, 5.74) is -0.677. The van der Waals surface area contributed by atoms with Crippen LogP contribution in [-0.2, 0) is 21.3 Å². The molecule has 0 amide bonds. The fourth-order valence-electron chi connectivity index (χ4n) is 2.22. The lowest BCUT2D eigenvalue weighted by molar-refractivity contribution is 0.141. The van der Waals surface area contributed by atoms with Gasteiger partial charge >= 0.3 is 0 Å². The van der Waals surface area contributed by atoms with Crippen LogP contribution in [0.3, 0.4) is 0 Å². The lowest BCUT2D eigenvalue weighted by atomic mass is 10.1. The topological polar surface area (TPSA) is 80.6 Å². The predicted octanol–water partition coefficient (Wildman–Crippen LogP) is 1.54. The van der Waals surface area contributed by atoms with E-state index in [-0.39, 0.29) is 4.90 Å². The minimum atomic E-state index is -3.62. The average Bonchev–Trinajstić information content (AvgIpc) is 3.07. The predicted molar refractivity (Wildman–Crippen MR) is 79.6 cm³/mol. The molecule has 120 valence electrons. The van der Waals surface area contributed by atoms with Crippen LogP contribution in [-0.4, -0.2) is 33.7 Å². The van der Waals surface area contributed by atoms with Crippen LogP contribution >= 0.6 is 0 Å². The van der Waals surface area contributed by atoms with E-state index >= 15 is 0 Å². The van der Waals surface area contributed by atoms with Gasteiger partial charge in [-0.25, -0.2) is 13.1 Å². The van der Waals surface area contributed by atoms with Gasteiger partial charge in [-0.15, -0.1) is 0 Å². The number of nitrogens with one attached hydrogen (secondary N) is 2. The minimum absolute atomic E-state index is 0.194. The molecule has 0 saturated heterocycles. The van der Waals surface area contributed by atoms with Gasteiger partial charge in [0.05, 0.1) is 18.7 Å². The first-order valence-corrected chi connectivity index (χ1v) is 8.57. The largest absolute Gasteiger partial charge is 0.464 e. The number of hydrogen-bond donors (Lipinski definition) is 2. The van der Waals surface area contributed by atoms with Crippen LogP contribution in [0.15, 0.2) is 15.4 Å². The Labute approximate surface area is 126 Å². The van der Waals surface area contributed by atoms with Crippen LogP contribution in [0.25, 0.3) is 0 Å². The molecule has 1 aromatic heterocycles. The second-order valence-electron chi connectivity index (χ2n) is 6.21. The molecule has 1 aliphatic carbocycles. The van der Waals surface area contributed by atoms with Crippen molar-refractivity contribution in [2.45, 2.75) is 56.6 Å². The van der Waals surface area contributed by atoms with E-state index in [0.29, 0.717) is 30.7 Å². The van der Waals surface area contributed by atoms with Crippen LogP contribution in [0.2, 0.25) is 0 Å². The number of methoxy groups -OCH3 is 1. The first-order chi connectivity index (χ1) is 9.73. The Morgan fingerprint density at radius 3 is 2.67 bits per heavy atom. The zero-order valence-electron chi connectivity index (χ0n) is 13.0. The average molecular weight is 316 g/mol. The zero-order chi connectivity index (χ0) is 15.7. The minimum Gasteiger partial charge on any atom is -0.464 e. The molecule has 2 N–H and O–H groups in total. The van der Waals surface area contributed by atoms with Crippen LogP contribution in [0, 0.1) is 6.92 Å². The molecule has 0 bridgehead atoms. The summed E-state index contributed by atoms with van der Waals surface area (Å²) >= 11 is 0. The van der Waals surface area contributed by atoms with Gasteiger partial charge in [0.2, 0.25) is 10.0 Å². The quantitative estimate of drug-likeness (QED) is 0.760. The summed E-state index contributed by atoms with van der Waals surface area (Å²) in [5, 5.41) is 3.30. The van der Waals surface area contributed by atoms with Gasteiger partial charge in [0.25, 0.3) is 0 Å². The smallest absolute Gasteiger partial charge is 0.244 e. The van der Waals surface area contributed by atoms with Crippen molar-refractivity contribution in [2.75, 3.05) is 13.7 Å². The van der Waals surface area contributed by atoms with Gasteiger partial charge in [-0.3, -0.25) is 0 Å². The molecule has 0 radical (unpaired) electrons. The Hall–Kier alpha value is -0.890. The molecule has 2 rings (SSSR count). The van der Waals surface area contributed by atoms with Gasteiger partial charge in [0.1, 0.15) is 16.4 Å². The van der Waals surface area contributed by atoms with E-state index in [1.54, 1.807) is 33.9 Å². The van der Waals surface area contributed by atoms with Crippen molar-refractivity contribution in [1.29, 1.82) is 0 Å². The number of hydrogen-bond acceptors (Lipinski definition) is 5. The van der Waals surface area contributed by atoms with Crippen LogP contribution < -0.4 is 10.0 Å². The molecule has 7 heteroatoms. The SMILES string of the molecule is COCC(C)(C)NS(=O)(=O)c1cc(CNC2CC2)oc1C. The molecule has 1 saturated carbocycles. The van der Waals surface area contributed by atoms with Crippen molar-refractivity contribution in [3.8, 4) is 0 Å². The summed E-state index contributed by atoms with van der Waals surface area (Å²) in [7, 11) is -2.08. The molecule has 0 aliphatic heterocycles. The maximum absolute atomic E-state index is 12.5. The maximum atomic E-state index is 12.5. The van der Waals surface area contributed by atoms with Crippen molar-refractivity contribution in [3.63, 3.8) is 0 Å². The fourth-order valence-corrected chi connectivity index (χ4v) is 3.82. The molecule has 21 heavy (non-hydrogen) atoms. The number of ether oxygens (including phenoxy) is 1. The monoisotopic (exact) mass is 316 g/mol. The van der Waals surface area contributed by atoms with E-state index in [1.807, 2.05) is 0 Å². The molecule has 1 fully saturated rings. The maximum Gasteiger partial charge on any atom is 0.244 e. The highest BCUT2D eigenvalue weighted by molar-refractivity contribution is 7.89. The third-order valence-electron chi connectivity index (χ3n) is 3.27. The van der Waals surface area contributed by atoms with Crippen LogP contribution in [0.5, 0.6) is 0 Å². The Balaban J connectivity index is 2.11. The van der Waals surface area contributed by atoms with E-state index in [9.17, 15) is 8.42 Å². The second kappa shape index (κ2) is 6.08. The first-order valence-electron chi connectivity index (χ1n) is 7.09. The fraction of sp³-hybridized carbons (Fsp3) is 0.714. The van der Waals surface area contributed by atoms with Gasteiger partial charge < -0.3 is 14.5 Å². The molecule has 0 spiro atoms. The van der Waals surface area contributed by atoms with Crippen molar-refractivity contribution in [3.05, 3.63) is 17.6 Å². The molecular weight excluding hydrogens is 292 g/mol. The van der Waals surface area contributed by atoms with Gasteiger partial charge in [0.15, 0.2) is 0 Å². The summed E-state index contributed by atoms with van der Waals surface area (Å²) in [6, 6.07) is 2.14. The molecule has 0 aromatic carbocycles. The van der Waals surface area contributed by atoms with Crippen LogP contribution in [0.1, 0.15) is 38.2 Å². The summed E-state index contributed by atoms with van der Waals surface area (Å²) < 4.78 is 38.1. The molecule has 1 heterocycles. The van der Waals surface area contributed by atoms with E-state index in [1.165, 1.54) is 12.8 Å². The molecule has 0 unspecified atom stereocenters. The lowest BCUT2D eigenvalue weighted by Crippen LogP contribution is -2.46. The van der Waals surface area contributed by atoms with Gasteiger partial charge in [-0.05, 0) is 33.6 Å². The van der Waals surface area contributed by atoms with Crippen LogP contribution in [0.4, 0.5) is 0 Å². The summed E-state index contributed by atoms with van der Waals surface area (Å²) in [4.78, 5) is 0.194. The standard InChI is InChI=1S/C14H24N2O4S/c1-10-13(7-12(20-10)8-15-11-5-6-11)21(17,18)16-14(2,3)9-19-4/h7,11,15-16H,5-6,8-9H2,1-4H3. The number of furan rings is 1. The highest BCUT2D eigenvalue weighted by atomic mass is 32.2. The van der Waals surface area contributed by atoms with E-state index in [0.717, 1.165) is 0 Å². The molecule has 6 nitrogen and oxygen atoms in total. The Bertz CT molecular complexity index is 588. The number of aryl methyl sites for hydroxylation is 1. The van der Waals surface area contributed by atoms with Crippen molar-refractivity contribution in [2.24, 2.45) is 0 Å². The van der Waals surface area contributed by atoms with E-state index < -0.39 is 15.6 Å². The van der Waals surface area contributed by atoms with Gasteiger partial charge in [-0.2, -0.15) is 0 Å². The molecule has 1 aliphatic rings. The Kier molecular flexibility index (Phi) is 4.77. The first kappa shape index (κ1) is 16.5. The van der Waals surface area contributed by atoms with Crippen molar-refractivity contribution >= 4 is 10.0 Å². The van der Waals surface area contributed by atoms with Gasteiger partial charge in [-0.1, -0.05) is 0 Å². The van der Waals surface area contributed by atoms with E-state index in [2.05, 4.69) is 10.0 Å². The summed E-state index contributed by atoms with van der Waals surface area (Å²) in [5.74, 6) is 1.05.